The van der Waals surface area contributed by atoms with Gasteiger partial charge in [0, 0.05) is 76.1 Å². The molecule has 0 radical (unpaired) electrons. The summed E-state index contributed by atoms with van der Waals surface area (Å²) in [5.41, 5.74) is 10.7. The number of nitrogens with one attached hydrogen (secondary N) is 3. The van der Waals surface area contributed by atoms with E-state index in [1.165, 1.54) is 193 Å². The van der Waals surface area contributed by atoms with Gasteiger partial charge in [0.1, 0.15) is 0 Å². The van der Waals surface area contributed by atoms with E-state index in [9.17, 15) is 0 Å². The number of pyridine rings is 6. The molecule has 2 unspecified atom stereocenters. The molecular weight excluding hydrogens is 1150 g/mol. The lowest BCUT2D eigenvalue weighted by Gasteiger charge is -2.21. The van der Waals surface area contributed by atoms with Gasteiger partial charge >= 0.3 is 0 Å². The Morgan fingerprint density at radius 3 is 1.05 bits per heavy atom. The van der Waals surface area contributed by atoms with Gasteiger partial charge in [-0.2, -0.15) is 0 Å². The zero-order chi connectivity index (χ0) is 67.4. The summed E-state index contributed by atoms with van der Waals surface area (Å²) < 4.78 is 0. The van der Waals surface area contributed by atoms with Crippen molar-refractivity contribution in [3.63, 3.8) is 0 Å². The molecule has 0 saturated heterocycles. The van der Waals surface area contributed by atoms with Gasteiger partial charge < -0.3 is 16.0 Å². The van der Waals surface area contributed by atoms with Crippen molar-refractivity contribution < 1.29 is 0 Å². The largest absolute Gasteiger partial charge is 0.309 e. The molecule has 6 aromatic rings. The first-order valence-electron chi connectivity index (χ1n) is 37.7. The maximum atomic E-state index is 4.93. The zero-order valence-corrected chi connectivity index (χ0v) is 61.0. The normalized spacial score (nSPS) is 12.1. The Morgan fingerprint density at radius 1 is 0.362 bits per heavy atom. The van der Waals surface area contributed by atoms with Crippen molar-refractivity contribution >= 4 is 11.4 Å². The lowest BCUT2D eigenvalue weighted by Crippen LogP contribution is -2.25. The molecule has 0 bridgehead atoms. The van der Waals surface area contributed by atoms with E-state index in [0.717, 1.165) is 116 Å². The average molecular weight is 1290 g/mol. The number of nitrogens with zero attached hydrogens (tertiary/aromatic N) is 9. The maximum Gasteiger partial charge on any atom is 0.0845 e. The summed E-state index contributed by atoms with van der Waals surface area (Å²) in [7, 11) is 0. The van der Waals surface area contributed by atoms with Crippen LogP contribution in [-0.2, 0) is 26.2 Å². The van der Waals surface area contributed by atoms with Crippen LogP contribution in [0.3, 0.4) is 0 Å². The quantitative estimate of drug-likeness (QED) is 0.0250. The van der Waals surface area contributed by atoms with E-state index in [1.807, 2.05) is 60.9 Å². The third-order valence-electron chi connectivity index (χ3n) is 17.0. The Kier molecular flexibility index (Phi) is 51.2. The third-order valence-corrected chi connectivity index (χ3v) is 17.0. The SMILES string of the molecule is CCCCCCCCN(Cc1ccccn1)Cc1ccccn1.CCCCCCCCN=C(C)c1cccc(C(C)=NCCCCCCCC)n1.CCCCCCCCNC(C)c1cccc(C(C)NCCCCCCCC)n1.c1ccc(CNCc2ccccn2)nc1. The van der Waals surface area contributed by atoms with Gasteiger partial charge in [-0.3, -0.25) is 39.8 Å². The monoisotopic (exact) mass is 1290 g/mol. The molecule has 0 aromatic carbocycles. The van der Waals surface area contributed by atoms with Crippen molar-refractivity contribution in [2.45, 2.75) is 293 Å². The minimum absolute atomic E-state index is 0.321. The van der Waals surface area contributed by atoms with Crippen LogP contribution >= 0.6 is 0 Å². The maximum absolute atomic E-state index is 4.93. The van der Waals surface area contributed by atoms with Gasteiger partial charge in [0.15, 0.2) is 0 Å². The highest BCUT2D eigenvalue weighted by atomic mass is 15.1. The highest BCUT2D eigenvalue weighted by Crippen LogP contribution is 2.17. The van der Waals surface area contributed by atoms with Crippen LogP contribution in [0, 0.1) is 0 Å². The molecule has 94 heavy (non-hydrogen) atoms. The second-order valence-corrected chi connectivity index (χ2v) is 25.6. The highest BCUT2D eigenvalue weighted by Gasteiger charge is 2.12. The molecular formula is C82H132N12. The van der Waals surface area contributed by atoms with Crippen LogP contribution in [0.5, 0.6) is 0 Å². The summed E-state index contributed by atoms with van der Waals surface area (Å²) in [5.74, 6) is 0. The zero-order valence-electron chi connectivity index (χ0n) is 61.0. The number of hydrogen-bond donors (Lipinski definition) is 3. The Labute approximate surface area is 574 Å². The molecule has 0 aliphatic heterocycles. The van der Waals surface area contributed by atoms with Crippen molar-refractivity contribution in [2.24, 2.45) is 9.98 Å². The van der Waals surface area contributed by atoms with Crippen molar-refractivity contribution in [3.05, 3.63) is 180 Å². The first-order chi connectivity index (χ1) is 46.2. The molecule has 0 fully saturated rings. The van der Waals surface area contributed by atoms with E-state index >= 15 is 0 Å². The molecule has 3 N–H and O–H groups in total. The predicted molar refractivity (Wildman–Crippen MR) is 404 cm³/mol. The Morgan fingerprint density at radius 2 is 0.691 bits per heavy atom. The second-order valence-electron chi connectivity index (χ2n) is 25.6. The summed E-state index contributed by atoms with van der Waals surface area (Å²) in [6.07, 6.45) is 47.1. The van der Waals surface area contributed by atoms with Crippen LogP contribution in [0.4, 0.5) is 0 Å². The topological polar surface area (TPSA) is 141 Å². The van der Waals surface area contributed by atoms with Crippen LogP contribution in [0.15, 0.2) is 144 Å². The molecule has 520 valence electrons. The number of hydrogen-bond acceptors (Lipinski definition) is 12. The number of aromatic nitrogens is 6. The highest BCUT2D eigenvalue weighted by molar-refractivity contribution is 6.00. The van der Waals surface area contributed by atoms with E-state index in [2.05, 4.69) is 164 Å². The van der Waals surface area contributed by atoms with Crippen molar-refractivity contribution in [1.82, 2.24) is 50.8 Å². The van der Waals surface area contributed by atoms with Gasteiger partial charge in [-0.25, -0.2) is 4.98 Å². The lowest BCUT2D eigenvalue weighted by molar-refractivity contribution is 0.244. The van der Waals surface area contributed by atoms with Crippen LogP contribution in [0.25, 0.3) is 0 Å². The Balaban J connectivity index is 0.000000333. The van der Waals surface area contributed by atoms with Gasteiger partial charge in [0.2, 0.25) is 0 Å². The van der Waals surface area contributed by atoms with Gasteiger partial charge in [-0.15, -0.1) is 0 Å². The van der Waals surface area contributed by atoms with Crippen molar-refractivity contribution in [2.75, 3.05) is 32.7 Å². The smallest absolute Gasteiger partial charge is 0.0845 e. The Bertz CT molecular complexity index is 2520. The van der Waals surface area contributed by atoms with Crippen LogP contribution in [0.1, 0.15) is 313 Å². The minimum Gasteiger partial charge on any atom is -0.309 e. The van der Waals surface area contributed by atoms with Crippen LogP contribution < -0.4 is 16.0 Å². The molecule has 12 heteroatoms. The molecule has 0 amide bonds. The molecule has 0 spiro atoms. The molecule has 6 rings (SSSR count). The van der Waals surface area contributed by atoms with Gasteiger partial charge in [-0.1, -0.05) is 232 Å². The molecule has 0 aliphatic rings. The molecule has 6 heterocycles. The van der Waals surface area contributed by atoms with Crippen LogP contribution in [0.2, 0.25) is 0 Å². The van der Waals surface area contributed by atoms with E-state index in [4.69, 9.17) is 20.0 Å². The first kappa shape index (κ1) is 82.3. The number of unbranched alkanes of at least 4 members (excludes halogenated alkanes) is 25. The lowest BCUT2D eigenvalue weighted by atomic mass is 10.1. The van der Waals surface area contributed by atoms with E-state index < -0.39 is 0 Å². The van der Waals surface area contributed by atoms with Gasteiger partial charge in [0.05, 0.1) is 57.0 Å². The molecule has 12 nitrogen and oxygen atoms in total. The standard InChI is InChI=1S/C25H47N3.C25H43N3.C20H29N3.C12H13N3/c2*1-5-7-9-11-13-15-20-26-22(3)24-18-17-19-25(28-24)23(4)27-21-16-14-12-10-8-6-2;1-2-3-4-5-6-11-16-23(17-19-12-7-9-14-21-19)18-20-13-8-10-15-22-20;1-3-7-14-11(5-1)9-13-10-12-6-2-4-8-15-12/h17-19,22-23,26-27H,5-16,20-21H2,1-4H3;17-19H,5-16,20-21H2,1-4H3;7-10,12-15H,2-6,11,16-18H2,1H3;1-8,13H,9-10H2. The summed E-state index contributed by atoms with van der Waals surface area (Å²) in [5, 5.41) is 10.6. The molecule has 6 aromatic heterocycles. The first-order valence-corrected chi connectivity index (χ1v) is 37.7. The van der Waals surface area contributed by atoms with E-state index in [1.54, 1.807) is 12.4 Å². The van der Waals surface area contributed by atoms with Crippen molar-refractivity contribution in [1.29, 1.82) is 0 Å². The van der Waals surface area contributed by atoms with Crippen molar-refractivity contribution in [3.8, 4) is 0 Å². The third kappa shape index (κ3) is 43.2. The number of rotatable bonds is 49. The minimum atomic E-state index is 0.321. The van der Waals surface area contributed by atoms with E-state index in [0.29, 0.717) is 12.1 Å². The second kappa shape index (κ2) is 58.4. The fourth-order valence-electron chi connectivity index (χ4n) is 11.0. The summed E-state index contributed by atoms with van der Waals surface area (Å²) in [4.78, 5) is 39.0. The predicted octanol–water partition coefficient (Wildman–Crippen LogP) is 21.1. The summed E-state index contributed by atoms with van der Waals surface area (Å²) in [6.45, 7) is 28.4. The van der Waals surface area contributed by atoms with Gasteiger partial charge in [0.25, 0.3) is 0 Å². The van der Waals surface area contributed by atoms with E-state index in [-0.39, 0.29) is 0 Å². The molecule has 0 saturated carbocycles. The van der Waals surface area contributed by atoms with Gasteiger partial charge in [-0.05, 0) is 152 Å². The average Bonchev–Trinajstić information content (AvgIpc) is 1.25. The fourth-order valence-corrected chi connectivity index (χ4v) is 11.0. The fraction of sp³-hybridized carbons (Fsp3) is 0.610. The summed E-state index contributed by atoms with van der Waals surface area (Å²) in [6, 6.07) is 37.4. The number of aliphatic imine (C=N–C) groups is 2. The summed E-state index contributed by atoms with van der Waals surface area (Å²) >= 11 is 0. The Hall–Kier alpha value is -5.92. The van der Waals surface area contributed by atoms with Crippen LogP contribution in [-0.4, -0.2) is 79.0 Å². The molecule has 2 atom stereocenters. The molecule has 0 aliphatic carbocycles.